The van der Waals surface area contributed by atoms with E-state index in [1.54, 1.807) is 0 Å². The first kappa shape index (κ1) is 35.6. The van der Waals surface area contributed by atoms with Crippen molar-refractivity contribution in [1.29, 1.82) is 0 Å². The van der Waals surface area contributed by atoms with Crippen LogP contribution in [0.3, 0.4) is 0 Å². The number of carboxylic acids is 1. The zero-order chi connectivity index (χ0) is 32.8. The molecule has 20 atom stereocenters. The first-order valence-electron chi connectivity index (χ1n) is 13.8. The van der Waals surface area contributed by atoms with Gasteiger partial charge < -0.3 is 94.4 Å². The van der Waals surface area contributed by atoms with Gasteiger partial charge in [-0.25, -0.2) is 4.79 Å². The highest BCUT2D eigenvalue weighted by Crippen LogP contribution is 2.33. The molecule has 0 aromatic carbocycles. The van der Waals surface area contributed by atoms with Crippen molar-refractivity contribution in [3.8, 4) is 0 Å². The van der Waals surface area contributed by atoms with Gasteiger partial charge in [0, 0.05) is 0 Å². The molecule has 4 aliphatic rings. The van der Waals surface area contributed by atoms with E-state index in [1.807, 2.05) is 0 Å². The van der Waals surface area contributed by atoms with Gasteiger partial charge in [0.2, 0.25) is 0 Å². The number of aliphatic carboxylic acids is 1. The molecule has 20 heteroatoms. The number of rotatable bonds is 8. The topological polar surface area (TPSA) is 324 Å². The molecule has 4 heterocycles. The van der Waals surface area contributed by atoms with E-state index in [2.05, 4.69) is 0 Å². The third kappa shape index (κ3) is 7.02. The highest BCUT2D eigenvalue weighted by molar-refractivity contribution is 5.73. The van der Waals surface area contributed by atoms with E-state index in [0.717, 1.165) is 0 Å². The van der Waals surface area contributed by atoms with E-state index in [9.17, 15) is 66.1 Å². The summed E-state index contributed by atoms with van der Waals surface area (Å²) in [5.74, 6) is -1.70. The molecule has 0 aromatic rings. The summed E-state index contributed by atoms with van der Waals surface area (Å²) < 4.78 is 38.0. The minimum Gasteiger partial charge on any atom is -0.479 e. The number of aliphatic hydroxyl groups excluding tert-OH is 11. The Balaban J connectivity index is 1.48. The van der Waals surface area contributed by atoms with Crippen molar-refractivity contribution in [2.75, 3.05) is 6.61 Å². The Hall–Kier alpha value is -1.25. The molecule has 0 aliphatic carbocycles. The third-order valence-corrected chi connectivity index (χ3v) is 8.07. The minimum atomic E-state index is -2.04. The molecule has 44 heavy (non-hydrogen) atoms. The summed E-state index contributed by atoms with van der Waals surface area (Å²) in [5, 5.41) is 122. The maximum atomic E-state index is 11.4. The van der Waals surface area contributed by atoms with Crippen LogP contribution in [0.4, 0.5) is 0 Å². The molecule has 0 aromatic heterocycles. The Labute approximate surface area is 249 Å². The first-order chi connectivity index (χ1) is 20.5. The molecule has 4 fully saturated rings. The van der Waals surface area contributed by atoms with Crippen molar-refractivity contribution in [3.05, 3.63) is 0 Å². The summed E-state index contributed by atoms with van der Waals surface area (Å²) in [7, 11) is 0. The molecular weight excluding hydrogens is 608 g/mol. The smallest absolute Gasteiger partial charge is 0.335 e. The minimum absolute atomic E-state index is 0.604. The van der Waals surface area contributed by atoms with Crippen molar-refractivity contribution < 1.29 is 99.2 Å². The summed E-state index contributed by atoms with van der Waals surface area (Å²) in [6.45, 7) is 2.11. The second-order valence-electron chi connectivity index (χ2n) is 11.2. The molecular formula is C24H40O20. The maximum absolute atomic E-state index is 11.4. The lowest BCUT2D eigenvalue weighted by Crippen LogP contribution is -2.66. The fourth-order valence-corrected chi connectivity index (χ4v) is 5.28. The maximum Gasteiger partial charge on any atom is 0.335 e. The van der Waals surface area contributed by atoms with Crippen molar-refractivity contribution in [1.82, 2.24) is 0 Å². The number of hydrogen-bond acceptors (Lipinski definition) is 19. The molecule has 20 nitrogen and oxygen atoms in total. The van der Waals surface area contributed by atoms with Gasteiger partial charge in [-0.1, -0.05) is 0 Å². The van der Waals surface area contributed by atoms with Crippen LogP contribution in [0.25, 0.3) is 0 Å². The van der Waals surface area contributed by atoms with Crippen LogP contribution in [0.2, 0.25) is 0 Å². The molecule has 4 saturated heterocycles. The van der Waals surface area contributed by atoms with E-state index in [4.69, 9.17) is 33.2 Å². The summed E-state index contributed by atoms with van der Waals surface area (Å²) >= 11 is 0. The monoisotopic (exact) mass is 648 g/mol. The molecule has 4 rings (SSSR count). The molecule has 0 radical (unpaired) electrons. The molecule has 0 saturated carbocycles. The summed E-state index contributed by atoms with van der Waals surface area (Å²) in [6.07, 6.45) is -34.6. The van der Waals surface area contributed by atoms with Crippen molar-refractivity contribution in [3.63, 3.8) is 0 Å². The molecule has 256 valence electrons. The van der Waals surface area contributed by atoms with Gasteiger partial charge in [-0.3, -0.25) is 0 Å². The van der Waals surface area contributed by atoms with Gasteiger partial charge in [-0.2, -0.15) is 0 Å². The lowest BCUT2D eigenvalue weighted by Gasteiger charge is -2.48. The van der Waals surface area contributed by atoms with Gasteiger partial charge >= 0.3 is 5.97 Å². The van der Waals surface area contributed by atoms with Crippen LogP contribution in [0.1, 0.15) is 13.8 Å². The van der Waals surface area contributed by atoms with Crippen LogP contribution in [0.15, 0.2) is 0 Å². The molecule has 4 aliphatic heterocycles. The van der Waals surface area contributed by atoms with Crippen LogP contribution in [0, 0.1) is 0 Å². The zero-order valence-electron chi connectivity index (χ0n) is 23.4. The number of aliphatic hydroxyl groups is 11. The largest absolute Gasteiger partial charge is 0.479 e. The Morgan fingerprint density at radius 1 is 0.545 bits per heavy atom. The van der Waals surface area contributed by atoms with Gasteiger partial charge in [0.25, 0.3) is 0 Å². The van der Waals surface area contributed by atoms with E-state index in [0.29, 0.717) is 0 Å². The highest BCUT2D eigenvalue weighted by Gasteiger charge is 2.54. The van der Waals surface area contributed by atoms with E-state index >= 15 is 0 Å². The number of carboxylic acid groups (broad SMARTS) is 1. The van der Waals surface area contributed by atoms with Gasteiger partial charge in [-0.15, -0.1) is 0 Å². The van der Waals surface area contributed by atoms with Gasteiger partial charge in [0.1, 0.15) is 79.4 Å². The SMILES string of the molecule is CC1OC(OCC2OC(O)C(O)C(O)C2O)C(OC2OC(C)C(O)C(OC3OC(C(=O)O)C(O)C(O)C3O)C2O)C(O)C1O. The van der Waals surface area contributed by atoms with Crippen molar-refractivity contribution in [2.45, 2.75) is 137 Å². The summed E-state index contributed by atoms with van der Waals surface area (Å²) in [4.78, 5) is 11.4. The highest BCUT2D eigenvalue weighted by atomic mass is 16.8. The fourth-order valence-electron chi connectivity index (χ4n) is 5.28. The van der Waals surface area contributed by atoms with Crippen LogP contribution in [-0.2, 0) is 38.0 Å². The lowest BCUT2D eigenvalue weighted by atomic mass is 9.96. The Bertz CT molecular complexity index is 959. The van der Waals surface area contributed by atoms with Crippen molar-refractivity contribution in [2.24, 2.45) is 0 Å². The fraction of sp³-hybridized carbons (Fsp3) is 0.958. The summed E-state index contributed by atoms with van der Waals surface area (Å²) in [5.41, 5.74) is 0. The molecule has 0 amide bonds. The standard InChI is InChI=1S/C24H40O20/c1-4-7(25)12(30)19(24(40-4)38-3-6-9(27)10(28)14(32)21(37)41-6)44-23-16(34)17(8(26)5(2)39-23)42-22-15(33)11(29)13(31)18(43-22)20(35)36/h4-19,21-34,37H,3H2,1-2H3,(H,35,36). The number of hydrogen-bond donors (Lipinski definition) is 12. The Morgan fingerprint density at radius 2 is 1.09 bits per heavy atom. The molecule has 20 unspecified atom stereocenters. The van der Waals surface area contributed by atoms with Crippen LogP contribution < -0.4 is 0 Å². The normalized spacial score (nSPS) is 53.8. The second-order valence-corrected chi connectivity index (χ2v) is 11.2. The average molecular weight is 649 g/mol. The van der Waals surface area contributed by atoms with Crippen LogP contribution in [0.5, 0.6) is 0 Å². The predicted molar refractivity (Wildman–Crippen MR) is 132 cm³/mol. The predicted octanol–water partition coefficient (Wildman–Crippen LogP) is -7.60. The van der Waals surface area contributed by atoms with Gasteiger partial charge in [0.05, 0.1) is 18.8 Å². The van der Waals surface area contributed by atoms with E-state index in [1.165, 1.54) is 13.8 Å². The van der Waals surface area contributed by atoms with Crippen molar-refractivity contribution >= 4 is 5.97 Å². The van der Waals surface area contributed by atoms with Gasteiger partial charge in [0.15, 0.2) is 31.3 Å². The lowest BCUT2D eigenvalue weighted by molar-refractivity contribution is -0.382. The third-order valence-electron chi connectivity index (χ3n) is 8.07. The van der Waals surface area contributed by atoms with Gasteiger partial charge in [-0.05, 0) is 13.8 Å². The summed E-state index contributed by atoms with van der Waals surface area (Å²) in [6, 6.07) is 0. The Morgan fingerprint density at radius 3 is 1.73 bits per heavy atom. The number of ether oxygens (including phenoxy) is 7. The first-order valence-corrected chi connectivity index (χ1v) is 13.8. The number of carbonyl (C=O) groups is 1. The molecule has 12 N–H and O–H groups in total. The van der Waals surface area contributed by atoms with E-state index in [-0.39, 0.29) is 0 Å². The quantitative estimate of drug-likeness (QED) is 0.116. The zero-order valence-corrected chi connectivity index (χ0v) is 23.4. The molecule has 0 spiro atoms. The Kier molecular flexibility index (Phi) is 11.5. The van der Waals surface area contributed by atoms with E-state index < -0.39 is 135 Å². The second kappa shape index (κ2) is 14.3. The van der Waals surface area contributed by atoms with Crippen LogP contribution in [-0.4, -0.2) is 197 Å². The average Bonchev–Trinajstić information content (AvgIpc) is 2.98. The molecule has 0 bridgehead atoms. The van der Waals surface area contributed by atoms with Crippen LogP contribution >= 0.6 is 0 Å².